The number of rotatable bonds is 14. The van der Waals surface area contributed by atoms with E-state index in [0.717, 1.165) is 57.6 Å². The summed E-state index contributed by atoms with van der Waals surface area (Å²) in [7, 11) is 3.45. The average molecular weight is 805 g/mol. The number of alkyl halides is 3. The predicted octanol–water partition coefficient (Wildman–Crippen LogP) is 10.9. The van der Waals surface area contributed by atoms with Crippen LogP contribution in [0.1, 0.15) is 111 Å². The number of carbonyl (C=O) groups excluding carboxylic acids is 3. The van der Waals surface area contributed by atoms with Crippen molar-refractivity contribution < 1.29 is 56.0 Å². The van der Waals surface area contributed by atoms with Crippen molar-refractivity contribution in [2.75, 3.05) is 21.3 Å². The molecule has 5 rings (SSSR count). The van der Waals surface area contributed by atoms with E-state index in [1.807, 2.05) is 13.8 Å². The first-order chi connectivity index (χ1) is 26.9. The molecule has 3 fully saturated rings. The van der Waals surface area contributed by atoms with E-state index in [-0.39, 0.29) is 40.6 Å². The maximum atomic E-state index is 14.8. The lowest BCUT2D eigenvalue weighted by Gasteiger charge is -2.57. The number of ether oxygens (including phenoxy) is 6. The molecular formula is C45H63F3O9. The van der Waals surface area contributed by atoms with Crippen LogP contribution in [0.25, 0.3) is 0 Å². The Morgan fingerprint density at radius 2 is 1.56 bits per heavy atom. The Bertz CT molecular complexity index is 1640. The van der Waals surface area contributed by atoms with Gasteiger partial charge in [0.25, 0.3) is 5.60 Å². The molecule has 0 aromatic heterocycles. The summed E-state index contributed by atoms with van der Waals surface area (Å²) in [5.41, 5.74) is -1.70. The van der Waals surface area contributed by atoms with Gasteiger partial charge >= 0.3 is 24.5 Å². The lowest BCUT2D eigenvalue weighted by atomic mass is 9.49. The molecule has 4 aliphatic rings. The maximum absolute atomic E-state index is 14.8. The minimum atomic E-state index is -5.05. The molecule has 0 heterocycles. The van der Waals surface area contributed by atoms with E-state index in [1.54, 1.807) is 6.07 Å². The normalized spacial score (nSPS) is 30.9. The van der Waals surface area contributed by atoms with Crippen LogP contribution in [0.3, 0.4) is 0 Å². The molecule has 0 saturated heterocycles. The number of hydrogen-bond acceptors (Lipinski definition) is 9. The van der Waals surface area contributed by atoms with Crippen molar-refractivity contribution in [1.82, 2.24) is 0 Å². The molecule has 0 radical (unpaired) electrons. The van der Waals surface area contributed by atoms with E-state index < -0.39 is 53.8 Å². The summed E-state index contributed by atoms with van der Waals surface area (Å²) in [5.74, 6) is -0.634. The molecule has 0 N–H and O–H groups in total. The number of esters is 1. The Labute approximate surface area is 336 Å². The number of halogens is 3. The van der Waals surface area contributed by atoms with E-state index in [1.165, 1.54) is 44.1 Å². The van der Waals surface area contributed by atoms with Gasteiger partial charge in [0, 0.05) is 30.9 Å². The zero-order valence-electron chi connectivity index (χ0n) is 35.1. The second kappa shape index (κ2) is 17.8. The first-order valence-electron chi connectivity index (χ1n) is 20.7. The second-order valence-corrected chi connectivity index (χ2v) is 17.6. The molecule has 3 saturated carbocycles. The van der Waals surface area contributed by atoms with Gasteiger partial charge in [-0.1, -0.05) is 114 Å². The smallest absolute Gasteiger partial charge is 0.459 e. The summed E-state index contributed by atoms with van der Waals surface area (Å²) in [6.07, 6.45) is 3.83. The highest BCUT2D eigenvalue weighted by molar-refractivity contribution is 5.83. The zero-order chi connectivity index (χ0) is 41.9. The van der Waals surface area contributed by atoms with Gasteiger partial charge in [-0.2, -0.15) is 13.2 Å². The van der Waals surface area contributed by atoms with Crippen LogP contribution in [-0.2, 0) is 38.8 Å². The fourth-order valence-electron chi connectivity index (χ4n) is 11.3. The van der Waals surface area contributed by atoms with Crippen LogP contribution in [0.2, 0.25) is 0 Å². The summed E-state index contributed by atoms with van der Waals surface area (Å²) in [4.78, 5) is 38.5. The third kappa shape index (κ3) is 8.35. The number of carbonyl (C=O) groups is 3. The SMILES string of the molecule is CCCC[C@@H](C[C@H](OC(=O)[C@](OC)(c1ccccc1)C(F)(F)F)C(C)C)[C@@H](C)[C@H]1CC[C@H]2C3=CC=C4C[C@@H](OC(=O)OC)C[C@H](OC(=O)OC)[C@]4(C)[C@H]3CC[C@]12C. The quantitative estimate of drug-likeness (QED) is 0.134. The van der Waals surface area contributed by atoms with Crippen LogP contribution in [0.4, 0.5) is 22.8 Å². The molecule has 0 spiro atoms. The van der Waals surface area contributed by atoms with Crippen molar-refractivity contribution in [3.05, 3.63) is 59.2 Å². The first kappa shape index (κ1) is 44.6. The van der Waals surface area contributed by atoms with E-state index in [0.29, 0.717) is 25.2 Å². The average Bonchev–Trinajstić information content (AvgIpc) is 3.53. The Balaban J connectivity index is 1.41. The Kier molecular flexibility index (Phi) is 13.9. The van der Waals surface area contributed by atoms with Crippen molar-refractivity contribution in [1.29, 1.82) is 0 Å². The van der Waals surface area contributed by atoms with Crippen molar-refractivity contribution in [2.24, 2.45) is 46.3 Å². The highest BCUT2D eigenvalue weighted by Gasteiger charge is 2.65. The highest BCUT2D eigenvalue weighted by atomic mass is 19.4. The van der Waals surface area contributed by atoms with Gasteiger partial charge in [-0.3, -0.25) is 0 Å². The third-order valence-corrected chi connectivity index (χ3v) is 14.5. The Morgan fingerprint density at radius 3 is 2.16 bits per heavy atom. The Morgan fingerprint density at radius 1 is 0.895 bits per heavy atom. The van der Waals surface area contributed by atoms with Gasteiger partial charge in [0.1, 0.15) is 18.3 Å². The van der Waals surface area contributed by atoms with E-state index >= 15 is 0 Å². The van der Waals surface area contributed by atoms with Gasteiger partial charge in [0.05, 0.1) is 14.2 Å². The van der Waals surface area contributed by atoms with Crippen LogP contribution >= 0.6 is 0 Å². The first-order valence-corrected chi connectivity index (χ1v) is 20.7. The summed E-state index contributed by atoms with van der Waals surface area (Å²) in [5, 5.41) is 0. The van der Waals surface area contributed by atoms with Crippen LogP contribution in [-0.4, -0.2) is 64.1 Å². The van der Waals surface area contributed by atoms with Gasteiger partial charge in [-0.05, 0) is 73.0 Å². The Hall–Kier alpha value is -3.54. The van der Waals surface area contributed by atoms with Crippen molar-refractivity contribution in [2.45, 2.75) is 136 Å². The molecule has 318 valence electrons. The lowest BCUT2D eigenvalue weighted by Crippen LogP contribution is -2.54. The van der Waals surface area contributed by atoms with Gasteiger partial charge in [-0.25, -0.2) is 14.4 Å². The summed E-state index contributed by atoms with van der Waals surface area (Å²) in [6.45, 7) is 12.8. The second-order valence-electron chi connectivity index (χ2n) is 17.6. The molecule has 0 aliphatic heterocycles. The summed E-state index contributed by atoms with van der Waals surface area (Å²) in [6, 6.07) is 6.99. The number of hydrogen-bond donors (Lipinski definition) is 0. The lowest BCUT2D eigenvalue weighted by molar-refractivity contribution is -0.279. The molecule has 1 aromatic carbocycles. The minimum absolute atomic E-state index is 0.0450. The number of methoxy groups -OCH3 is 3. The monoisotopic (exact) mass is 804 g/mol. The van der Waals surface area contributed by atoms with Gasteiger partial charge in [0.2, 0.25) is 0 Å². The van der Waals surface area contributed by atoms with E-state index in [9.17, 15) is 27.6 Å². The van der Waals surface area contributed by atoms with Crippen LogP contribution in [0, 0.1) is 46.3 Å². The highest BCUT2D eigenvalue weighted by Crippen LogP contribution is 2.67. The largest absolute Gasteiger partial charge is 0.508 e. The molecule has 0 bridgehead atoms. The van der Waals surface area contributed by atoms with Gasteiger partial charge in [0.15, 0.2) is 0 Å². The molecule has 1 aromatic rings. The van der Waals surface area contributed by atoms with Crippen LogP contribution < -0.4 is 0 Å². The standard InChI is InChI=1S/C45H63F3O9/c1-10-11-15-29(24-37(27(2)3)56-39(49)44(54-9,45(46,47)48)30-16-13-12-14-17-30)28(4)34-20-21-35-33-19-18-31-25-32(55-40(50)52-7)26-38(57-41(51)53-8)43(31,6)36(33)22-23-42(34,35)5/h12-14,16-19,27-29,32,34-38H,10-11,15,20-26H2,1-9H3/t28-,29+,32-,34-,35+,36+,37+,38+,42-,43+,44-/m1/s1. The molecule has 4 aliphatic carbocycles. The fraction of sp³-hybridized carbons (Fsp3) is 0.711. The van der Waals surface area contributed by atoms with E-state index in [4.69, 9.17) is 28.4 Å². The van der Waals surface area contributed by atoms with Crippen molar-refractivity contribution >= 4 is 18.3 Å². The number of allylic oxidation sites excluding steroid dienone is 3. The molecule has 57 heavy (non-hydrogen) atoms. The number of benzene rings is 1. The molecule has 0 amide bonds. The number of fused-ring (bicyclic) bond motifs is 5. The fourth-order valence-corrected chi connectivity index (χ4v) is 11.3. The molecule has 11 atom stereocenters. The molecule has 9 nitrogen and oxygen atoms in total. The predicted molar refractivity (Wildman–Crippen MR) is 208 cm³/mol. The molecular weight excluding hydrogens is 741 g/mol. The maximum Gasteiger partial charge on any atom is 0.508 e. The zero-order valence-corrected chi connectivity index (χ0v) is 35.1. The van der Waals surface area contributed by atoms with Crippen LogP contribution in [0.5, 0.6) is 0 Å². The third-order valence-electron chi connectivity index (χ3n) is 14.5. The van der Waals surface area contributed by atoms with Crippen LogP contribution in [0.15, 0.2) is 53.6 Å². The summed E-state index contributed by atoms with van der Waals surface area (Å²) < 4.78 is 76.8. The summed E-state index contributed by atoms with van der Waals surface area (Å²) >= 11 is 0. The topological polar surface area (TPSA) is 107 Å². The molecule has 0 unspecified atom stereocenters. The molecule has 12 heteroatoms. The number of unbranched alkanes of at least 4 members (excludes halogenated alkanes) is 1. The van der Waals surface area contributed by atoms with Crippen molar-refractivity contribution in [3.63, 3.8) is 0 Å². The van der Waals surface area contributed by atoms with E-state index in [2.05, 4.69) is 39.8 Å². The van der Waals surface area contributed by atoms with Gasteiger partial charge < -0.3 is 28.4 Å². The van der Waals surface area contributed by atoms with Gasteiger partial charge in [-0.15, -0.1) is 0 Å². The minimum Gasteiger partial charge on any atom is -0.459 e. The van der Waals surface area contributed by atoms with Crippen molar-refractivity contribution in [3.8, 4) is 0 Å².